The van der Waals surface area contributed by atoms with Gasteiger partial charge in [0.1, 0.15) is 11.1 Å². The molecule has 3 rings (SSSR count). The second kappa shape index (κ2) is 8.07. The minimum absolute atomic E-state index is 0.144. The lowest BCUT2D eigenvalue weighted by atomic mass is 10.1. The lowest BCUT2D eigenvalue weighted by Gasteiger charge is -2.07. The second-order valence-corrected chi connectivity index (χ2v) is 9.28. The summed E-state index contributed by atoms with van der Waals surface area (Å²) in [5.74, 6) is -0.144. The van der Waals surface area contributed by atoms with Gasteiger partial charge < -0.3 is 5.32 Å². The molecule has 5 heteroatoms. The van der Waals surface area contributed by atoms with Crippen molar-refractivity contribution in [2.24, 2.45) is 0 Å². The normalized spacial score (nSPS) is 13.8. The van der Waals surface area contributed by atoms with Gasteiger partial charge in [0.15, 0.2) is 0 Å². The molecule has 1 aliphatic rings. The lowest BCUT2D eigenvalue weighted by molar-refractivity contribution is 0.102. The van der Waals surface area contributed by atoms with E-state index in [1.165, 1.54) is 17.7 Å². The number of thiophene rings is 1. The molecule has 1 aliphatic carbocycles. The van der Waals surface area contributed by atoms with Crippen molar-refractivity contribution in [1.82, 2.24) is 0 Å². The van der Waals surface area contributed by atoms with Gasteiger partial charge in [-0.3, -0.25) is 4.79 Å². The van der Waals surface area contributed by atoms with Crippen LogP contribution in [0.4, 0.5) is 5.00 Å². The Bertz CT molecular complexity index is 800. The van der Waals surface area contributed by atoms with Crippen molar-refractivity contribution in [3.63, 3.8) is 0 Å². The molecule has 2 aromatic rings. The summed E-state index contributed by atoms with van der Waals surface area (Å²) in [5, 5.41) is 13.7. The van der Waals surface area contributed by atoms with Crippen LogP contribution in [0.5, 0.6) is 0 Å². The zero-order valence-corrected chi connectivity index (χ0v) is 16.2. The van der Waals surface area contributed by atoms with Gasteiger partial charge in [0.2, 0.25) is 0 Å². The van der Waals surface area contributed by atoms with Crippen LogP contribution in [0.1, 0.15) is 59.5 Å². The van der Waals surface area contributed by atoms with Crippen LogP contribution in [0.25, 0.3) is 0 Å². The van der Waals surface area contributed by atoms with Gasteiger partial charge in [0.05, 0.1) is 5.56 Å². The third kappa shape index (κ3) is 4.26. The molecule has 0 radical (unpaired) electrons. The molecule has 0 bridgehead atoms. The largest absolute Gasteiger partial charge is 0.312 e. The van der Waals surface area contributed by atoms with Gasteiger partial charge in [0, 0.05) is 20.6 Å². The highest BCUT2D eigenvalue weighted by atomic mass is 32.2. The monoisotopic (exact) mass is 370 g/mol. The molecule has 1 heterocycles. The second-order valence-electron chi connectivity index (χ2n) is 6.53. The molecule has 1 N–H and O–H groups in total. The fourth-order valence-electron chi connectivity index (χ4n) is 3.08. The molecule has 1 amide bonds. The fourth-order valence-corrected chi connectivity index (χ4v) is 5.15. The van der Waals surface area contributed by atoms with E-state index in [4.69, 9.17) is 0 Å². The number of thioether (sulfide) groups is 1. The molecule has 0 saturated heterocycles. The Morgan fingerprint density at radius 2 is 1.92 bits per heavy atom. The van der Waals surface area contributed by atoms with Crippen molar-refractivity contribution in [1.29, 1.82) is 5.26 Å². The number of hydrogen-bond acceptors (Lipinski definition) is 4. The molecular formula is C20H22N2OS2. The Balaban J connectivity index is 1.78. The molecular weight excluding hydrogens is 348 g/mol. The molecule has 1 aromatic heterocycles. The van der Waals surface area contributed by atoms with E-state index < -0.39 is 0 Å². The summed E-state index contributed by atoms with van der Waals surface area (Å²) in [4.78, 5) is 15.0. The van der Waals surface area contributed by atoms with E-state index >= 15 is 0 Å². The van der Waals surface area contributed by atoms with Gasteiger partial charge in [-0.05, 0) is 55.5 Å². The maximum absolute atomic E-state index is 12.6. The highest BCUT2D eigenvalue weighted by Crippen LogP contribution is 2.37. The van der Waals surface area contributed by atoms with Crippen LogP contribution in [0.2, 0.25) is 0 Å². The van der Waals surface area contributed by atoms with Crippen LogP contribution >= 0.6 is 23.1 Å². The van der Waals surface area contributed by atoms with Crippen molar-refractivity contribution >= 4 is 34.0 Å². The highest BCUT2D eigenvalue weighted by Gasteiger charge is 2.21. The molecule has 1 aromatic carbocycles. The molecule has 0 fully saturated rings. The van der Waals surface area contributed by atoms with E-state index in [9.17, 15) is 10.1 Å². The maximum Gasteiger partial charge on any atom is 0.256 e. The fraction of sp³-hybridized carbons (Fsp3) is 0.400. The van der Waals surface area contributed by atoms with E-state index in [1.54, 1.807) is 23.1 Å². The Hall–Kier alpha value is -1.77. The predicted octanol–water partition coefficient (Wildman–Crippen LogP) is 5.64. The number of hydrogen-bond donors (Lipinski definition) is 1. The van der Waals surface area contributed by atoms with Crippen LogP contribution in [0, 0.1) is 11.3 Å². The molecule has 0 saturated carbocycles. The highest BCUT2D eigenvalue weighted by molar-refractivity contribution is 7.99. The first-order valence-corrected chi connectivity index (χ1v) is 10.4. The number of benzene rings is 1. The molecule has 0 spiro atoms. The van der Waals surface area contributed by atoms with Crippen molar-refractivity contribution in [2.45, 2.75) is 56.1 Å². The summed E-state index contributed by atoms with van der Waals surface area (Å²) in [5.41, 5.74) is 2.45. The summed E-state index contributed by atoms with van der Waals surface area (Å²) in [6, 6.07) is 9.98. The van der Waals surface area contributed by atoms with Crippen LogP contribution in [0.15, 0.2) is 29.2 Å². The van der Waals surface area contributed by atoms with Gasteiger partial charge in [-0.2, -0.15) is 5.26 Å². The van der Waals surface area contributed by atoms with E-state index in [2.05, 4.69) is 25.2 Å². The van der Waals surface area contributed by atoms with E-state index in [0.717, 1.165) is 29.7 Å². The first kappa shape index (κ1) is 18.0. The number of rotatable bonds is 4. The third-order valence-electron chi connectivity index (χ3n) is 4.25. The number of anilines is 1. The first-order chi connectivity index (χ1) is 12.1. The average Bonchev–Trinajstić information content (AvgIpc) is 2.75. The summed E-state index contributed by atoms with van der Waals surface area (Å²) in [7, 11) is 0. The van der Waals surface area contributed by atoms with Gasteiger partial charge in [-0.15, -0.1) is 23.1 Å². The lowest BCUT2D eigenvalue weighted by Crippen LogP contribution is -2.11. The van der Waals surface area contributed by atoms with Crippen LogP contribution in [-0.4, -0.2) is 11.2 Å². The van der Waals surface area contributed by atoms with Gasteiger partial charge in [-0.1, -0.05) is 20.3 Å². The number of nitriles is 1. The number of nitrogens with one attached hydrogen (secondary N) is 1. The summed E-state index contributed by atoms with van der Waals surface area (Å²) >= 11 is 3.35. The summed E-state index contributed by atoms with van der Waals surface area (Å²) in [6.07, 6.45) is 5.48. The number of carbonyl (C=O) groups excluding carboxylic acids is 1. The number of nitrogens with zero attached hydrogens (tertiary/aromatic N) is 1. The molecule has 0 aliphatic heterocycles. The Labute approximate surface area is 157 Å². The summed E-state index contributed by atoms with van der Waals surface area (Å²) < 4.78 is 0. The molecule has 0 atom stereocenters. The first-order valence-electron chi connectivity index (χ1n) is 8.71. The maximum atomic E-state index is 12.6. The molecule has 130 valence electrons. The van der Waals surface area contributed by atoms with Crippen LogP contribution in [-0.2, 0) is 12.8 Å². The Morgan fingerprint density at radius 1 is 1.20 bits per heavy atom. The number of carbonyl (C=O) groups is 1. The van der Waals surface area contributed by atoms with Crippen LogP contribution < -0.4 is 5.32 Å². The topological polar surface area (TPSA) is 52.9 Å². The van der Waals surface area contributed by atoms with Crippen molar-refractivity contribution in [3.05, 3.63) is 45.8 Å². The van der Waals surface area contributed by atoms with Gasteiger partial charge >= 0.3 is 0 Å². The number of fused-ring (bicyclic) bond motifs is 1. The van der Waals surface area contributed by atoms with Crippen molar-refractivity contribution < 1.29 is 4.79 Å². The van der Waals surface area contributed by atoms with Crippen LogP contribution in [0.3, 0.4) is 0 Å². The molecule has 25 heavy (non-hydrogen) atoms. The van der Waals surface area contributed by atoms with E-state index in [0.29, 0.717) is 21.4 Å². The summed E-state index contributed by atoms with van der Waals surface area (Å²) in [6.45, 7) is 4.30. The number of amides is 1. The minimum atomic E-state index is -0.144. The quantitative estimate of drug-likeness (QED) is 0.559. The number of aryl methyl sites for hydroxylation is 1. The molecule has 0 unspecified atom stereocenters. The minimum Gasteiger partial charge on any atom is -0.312 e. The van der Waals surface area contributed by atoms with Gasteiger partial charge in [0.25, 0.3) is 5.91 Å². The Kier molecular flexibility index (Phi) is 5.82. The zero-order chi connectivity index (χ0) is 17.8. The molecule has 3 nitrogen and oxygen atoms in total. The van der Waals surface area contributed by atoms with Gasteiger partial charge in [-0.25, -0.2) is 0 Å². The van der Waals surface area contributed by atoms with E-state index in [-0.39, 0.29) is 5.91 Å². The third-order valence-corrected chi connectivity index (χ3v) is 6.47. The standard InChI is InChI=1S/C20H22N2OS2/c1-13(2)24-15-10-8-14(9-11-15)19(23)22-20-17(12-21)16-6-4-3-5-7-18(16)25-20/h8-11,13H,3-7H2,1-2H3,(H,22,23). The SMILES string of the molecule is CC(C)Sc1ccc(C(=O)Nc2sc3c(c2C#N)CCCCC3)cc1. The average molecular weight is 371 g/mol. The predicted molar refractivity (Wildman–Crippen MR) is 106 cm³/mol. The van der Waals surface area contributed by atoms with Crippen molar-refractivity contribution in [3.8, 4) is 6.07 Å². The smallest absolute Gasteiger partial charge is 0.256 e. The van der Waals surface area contributed by atoms with Crippen molar-refractivity contribution in [2.75, 3.05) is 5.32 Å². The Morgan fingerprint density at radius 3 is 2.60 bits per heavy atom. The zero-order valence-electron chi connectivity index (χ0n) is 14.6. The van der Waals surface area contributed by atoms with E-state index in [1.807, 2.05) is 24.3 Å².